The quantitative estimate of drug-likeness (QED) is 0.832. The van der Waals surface area contributed by atoms with Crippen molar-refractivity contribution in [1.29, 1.82) is 0 Å². The Morgan fingerprint density at radius 3 is 2.38 bits per heavy atom. The maximum atomic E-state index is 12.8. The van der Waals surface area contributed by atoms with E-state index in [1.807, 2.05) is 35.2 Å². The molecule has 1 fully saturated rings. The number of fused-ring (bicyclic) bond motifs is 1. The Hall–Kier alpha value is -3.06. The highest BCUT2D eigenvalue weighted by Crippen LogP contribution is 2.31. The molecule has 0 aromatic heterocycles. The number of hydrogen-bond acceptors (Lipinski definition) is 5. The Labute approximate surface area is 170 Å². The number of rotatable bonds is 5. The normalized spacial score (nSPS) is 16.3. The van der Waals surface area contributed by atoms with E-state index in [0.29, 0.717) is 69.5 Å². The van der Waals surface area contributed by atoms with Gasteiger partial charge in [0.1, 0.15) is 13.2 Å². The fourth-order valence-electron chi connectivity index (χ4n) is 3.52. The van der Waals surface area contributed by atoms with Crippen molar-refractivity contribution in [3.63, 3.8) is 0 Å². The molecular formula is C22H25N3O4. The zero-order chi connectivity index (χ0) is 20.1. The Morgan fingerprint density at radius 2 is 1.62 bits per heavy atom. The second-order valence-corrected chi connectivity index (χ2v) is 7.19. The van der Waals surface area contributed by atoms with Crippen LogP contribution in [-0.2, 0) is 11.3 Å². The third-order valence-electron chi connectivity index (χ3n) is 5.15. The second-order valence-electron chi connectivity index (χ2n) is 7.19. The highest BCUT2D eigenvalue weighted by molar-refractivity contribution is 5.95. The van der Waals surface area contributed by atoms with E-state index in [4.69, 9.17) is 9.47 Å². The lowest BCUT2D eigenvalue weighted by molar-refractivity contribution is -0.122. The zero-order valence-corrected chi connectivity index (χ0v) is 16.3. The summed E-state index contributed by atoms with van der Waals surface area (Å²) in [7, 11) is 0. The average molecular weight is 395 g/mol. The number of carbonyl (C=O) groups is 2. The predicted octanol–water partition coefficient (Wildman–Crippen LogP) is 1.53. The number of ether oxygens (including phenoxy) is 2. The molecule has 0 atom stereocenters. The molecule has 1 saturated heterocycles. The van der Waals surface area contributed by atoms with Crippen LogP contribution in [0.3, 0.4) is 0 Å². The van der Waals surface area contributed by atoms with Crippen molar-refractivity contribution in [3.8, 4) is 11.5 Å². The second kappa shape index (κ2) is 8.96. The number of carbonyl (C=O) groups excluding carboxylic acids is 2. The van der Waals surface area contributed by atoms with E-state index in [9.17, 15) is 9.59 Å². The van der Waals surface area contributed by atoms with Gasteiger partial charge in [0.15, 0.2) is 11.5 Å². The summed E-state index contributed by atoms with van der Waals surface area (Å²) >= 11 is 0. The number of hydrogen-bond donors (Lipinski definition) is 1. The topological polar surface area (TPSA) is 71.1 Å². The van der Waals surface area contributed by atoms with Gasteiger partial charge in [-0.15, -0.1) is 0 Å². The largest absolute Gasteiger partial charge is 0.486 e. The molecule has 0 unspecified atom stereocenters. The third kappa shape index (κ3) is 4.86. The average Bonchev–Trinajstić information content (AvgIpc) is 2.78. The Bertz CT molecular complexity index is 864. The van der Waals surface area contributed by atoms with Gasteiger partial charge >= 0.3 is 0 Å². The fraction of sp³-hybridized carbons (Fsp3) is 0.364. The Balaban J connectivity index is 1.24. The number of amides is 2. The first-order valence-electron chi connectivity index (χ1n) is 9.91. The smallest absolute Gasteiger partial charge is 0.254 e. The molecule has 0 saturated carbocycles. The number of benzene rings is 2. The van der Waals surface area contributed by atoms with Crippen LogP contribution in [0.2, 0.25) is 0 Å². The number of piperazine rings is 1. The van der Waals surface area contributed by atoms with Gasteiger partial charge in [-0.25, -0.2) is 0 Å². The van der Waals surface area contributed by atoms with E-state index < -0.39 is 0 Å². The lowest BCUT2D eigenvalue weighted by Crippen LogP contribution is -2.51. The van der Waals surface area contributed by atoms with E-state index in [-0.39, 0.29) is 11.8 Å². The first-order chi connectivity index (χ1) is 14.2. The van der Waals surface area contributed by atoms with Crippen LogP contribution in [0.4, 0.5) is 0 Å². The Morgan fingerprint density at radius 1 is 0.897 bits per heavy atom. The van der Waals surface area contributed by atoms with Gasteiger partial charge in [0.2, 0.25) is 5.91 Å². The minimum Gasteiger partial charge on any atom is -0.486 e. The minimum absolute atomic E-state index is 0.000431. The van der Waals surface area contributed by atoms with Gasteiger partial charge < -0.3 is 19.7 Å². The van der Waals surface area contributed by atoms with E-state index in [0.717, 1.165) is 5.56 Å². The van der Waals surface area contributed by atoms with Gasteiger partial charge in [0.25, 0.3) is 5.91 Å². The van der Waals surface area contributed by atoms with E-state index >= 15 is 0 Å². The van der Waals surface area contributed by atoms with Gasteiger partial charge in [-0.05, 0) is 23.8 Å². The van der Waals surface area contributed by atoms with Gasteiger partial charge in [-0.3, -0.25) is 14.5 Å². The monoisotopic (exact) mass is 395 g/mol. The molecule has 2 aromatic rings. The zero-order valence-electron chi connectivity index (χ0n) is 16.3. The van der Waals surface area contributed by atoms with E-state index in [2.05, 4.69) is 10.2 Å². The molecule has 1 N–H and O–H groups in total. The van der Waals surface area contributed by atoms with Gasteiger partial charge in [0, 0.05) is 38.3 Å². The highest BCUT2D eigenvalue weighted by atomic mass is 16.6. The minimum atomic E-state index is -0.0184. The molecule has 7 heteroatoms. The fourth-order valence-corrected chi connectivity index (χ4v) is 3.52. The van der Waals surface area contributed by atoms with Crippen molar-refractivity contribution in [2.45, 2.75) is 6.54 Å². The summed E-state index contributed by atoms with van der Waals surface area (Å²) in [5.41, 5.74) is 1.68. The summed E-state index contributed by atoms with van der Waals surface area (Å²) in [5, 5.41) is 2.95. The van der Waals surface area contributed by atoms with Crippen LogP contribution in [0, 0.1) is 0 Å². The van der Waals surface area contributed by atoms with Crippen LogP contribution in [-0.4, -0.2) is 67.6 Å². The molecular weight excluding hydrogens is 370 g/mol. The van der Waals surface area contributed by atoms with Crippen molar-refractivity contribution in [2.24, 2.45) is 0 Å². The summed E-state index contributed by atoms with van der Waals surface area (Å²) in [6, 6.07) is 15.2. The molecule has 2 heterocycles. The maximum absolute atomic E-state index is 12.8. The van der Waals surface area contributed by atoms with Crippen LogP contribution in [0.5, 0.6) is 11.5 Å². The van der Waals surface area contributed by atoms with Crippen LogP contribution < -0.4 is 14.8 Å². The highest BCUT2D eigenvalue weighted by Gasteiger charge is 2.24. The first-order valence-corrected chi connectivity index (χ1v) is 9.91. The van der Waals surface area contributed by atoms with Gasteiger partial charge in [0.05, 0.1) is 6.54 Å². The molecule has 0 spiro atoms. The maximum Gasteiger partial charge on any atom is 0.254 e. The summed E-state index contributed by atoms with van der Waals surface area (Å²) in [5.74, 6) is 1.28. The Kier molecular flexibility index (Phi) is 5.95. The van der Waals surface area contributed by atoms with Crippen LogP contribution in [0.15, 0.2) is 48.5 Å². The van der Waals surface area contributed by atoms with Gasteiger partial charge in [-0.1, -0.05) is 30.3 Å². The molecule has 2 amide bonds. The SMILES string of the molecule is O=C(CN1CCN(C(=O)c2ccc3c(c2)OCCO3)CC1)NCc1ccccc1. The molecule has 7 nitrogen and oxygen atoms in total. The summed E-state index contributed by atoms with van der Waals surface area (Å²) < 4.78 is 11.1. The van der Waals surface area contributed by atoms with Crippen LogP contribution in [0.25, 0.3) is 0 Å². The molecule has 29 heavy (non-hydrogen) atoms. The molecule has 0 bridgehead atoms. The van der Waals surface area contributed by atoms with Crippen molar-refractivity contribution < 1.29 is 19.1 Å². The molecule has 2 aromatic carbocycles. The van der Waals surface area contributed by atoms with Crippen molar-refractivity contribution in [2.75, 3.05) is 45.9 Å². The summed E-state index contributed by atoms with van der Waals surface area (Å²) in [4.78, 5) is 28.9. The van der Waals surface area contributed by atoms with Gasteiger partial charge in [-0.2, -0.15) is 0 Å². The lowest BCUT2D eigenvalue weighted by Gasteiger charge is -2.34. The number of nitrogens with one attached hydrogen (secondary N) is 1. The number of nitrogens with zero attached hydrogens (tertiary/aromatic N) is 2. The van der Waals surface area contributed by atoms with Crippen molar-refractivity contribution in [1.82, 2.24) is 15.1 Å². The van der Waals surface area contributed by atoms with Crippen LogP contribution >= 0.6 is 0 Å². The molecule has 152 valence electrons. The third-order valence-corrected chi connectivity index (χ3v) is 5.15. The molecule has 4 rings (SSSR count). The summed E-state index contributed by atoms with van der Waals surface area (Å²) in [6.45, 7) is 4.44. The van der Waals surface area contributed by atoms with E-state index in [1.54, 1.807) is 18.2 Å². The molecule has 0 radical (unpaired) electrons. The van der Waals surface area contributed by atoms with Crippen LogP contribution in [0.1, 0.15) is 15.9 Å². The predicted molar refractivity (Wildman–Crippen MR) is 108 cm³/mol. The lowest BCUT2D eigenvalue weighted by atomic mass is 10.1. The molecule has 2 aliphatic rings. The molecule has 2 aliphatic heterocycles. The first kappa shape index (κ1) is 19.3. The standard InChI is InChI=1S/C22H25N3O4/c26-21(23-15-17-4-2-1-3-5-17)16-24-8-10-25(11-9-24)22(27)18-6-7-19-20(14-18)29-13-12-28-19/h1-7,14H,8-13,15-16H2,(H,23,26). The van der Waals surface area contributed by atoms with Crippen molar-refractivity contribution >= 4 is 11.8 Å². The van der Waals surface area contributed by atoms with E-state index in [1.165, 1.54) is 0 Å². The summed E-state index contributed by atoms with van der Waals surface area (Å²) in [6.07, 6.45) is 0. The van der Waals surface area contributed by atoms with Crippen molar-refractivity contribution in [3.05, 3.63) is 59.7 Å². The molecule has 0 aliphatic carbocycles.